The fraction of sp³-hybridized carbons (Fsp3) is 0.571. The first-order valence-corrected chi connectivity index (χ1v) is 8.20. The van der Waals surface area contributed by atoms with Crippen molar-refractivity contribution < 1.29 is 9.84 Å². The van der Waals surface area contributed by atoms with Crippen LogP contribution in [0.15, 0.2) is 21.1 Å². The normalized spacial score (nSPS) is 16.4. The Bertz CT molecular complexity index is 412. The van der Waals surface area contributed by atoms with E-state index in [0.29, 0.717) is 19.1 Å². The SMILES string of the molecule is CCOc1c(Br)cc(CNCC(O)C2CC2)cc1Br. The minimum absolute atomic E-state index is 0.199. The van der Waals surface area contributed by atoms with Gasteiger partial charge in [0, 0.05) is 13.1 Å². The minimum Gasteiger partial charge on any atom is -0.492 e. The van der Waals surface area contributed by atoms with Crippen molar-refractivity contribution in [2.24, 2.45) is 5.92 Å². The topological polar surface area (TPSA) is 41.5 Å². The molecule has 1 atom stereocenters. The maximum atomic E-state index is 9.79. The Kier molecular flexibility index (Phi) is 5.69. The summed E-state index contributed by atoms with van der Waals surface area (Å²) in [4.78, 5) is 0. The highest BCUT2D eigenvalue weighted by Gasteiger charge is 2.29. The van der Waals surface area contributed by atoms with Crippen LogP contribution < -0.4 is 10.1 Å². The van der Waals surface area contributed by atoms with E-state index in [1.165, 1.54) is 12.8 Å². The van der Waals surface area contributed by atoms with Gasteiger partial charge in [-0.1, -0.05) is 0 Å². The monoisotopic (exact) mass is 391 g/mol. The van der Waals surface area contributed by atoms with E-state index in [1.807, 2.05) is 19.1 Å². The fourth-order valence-corrected chi connectivity index (χ4v) is 3.52. The first-order chi connectivity index (χ1) is 9.11. The molecule has 1 fully saturated rings. The molecular weight excluding hydrogens is 374 g/mol. The predicted octanol–water partition coefficient (Wildman–Crippen LogP) is 3.47. The minimum atomic E-state index is -0.199. The molecule has 1 aliphatic rings. The van der Waals surface area contributed by atoms with E-state index in [4.69, 9.17) is 4.74 Å². The van der Waals surface area contributed by atoms with Gasteiger partial charge in [-0.15, -0.1) is 0 Å². The number of rotatable bonds is 7. The van der Waals surface area contributed by atoms with Gasteiger partial charge in [0.05, 0.1) is 21.7 Å². The third kappa shape index (κ3) is 4.45. The molecule has 0 saturated heterocycles. The van der Waals surface area contributed by atoms with E-state index in [9.17, 15) is 5.11 Å². The van der Waals surface area contributed by atoms with Crippen LogP contribution in [0.2, 0.25) is 0 Å². The third-order valence-electron chi connectivity index (χ3n) is 3.20. The quantitative estimate of drug-likeness (QED) is 0.746. The highest BCUT2D eigenvalue weighted by atomic mass is 79.9. The fourth-order valence-electron chi connectivity index (χ4n) is 2.01. The molecule has 2 rings (SSSR count). The van der Waals surface area contributed by atoms with Crippen molar-refractivity contribution in [3.8, 4) is 5.75 Å². The van der Waals surface area contributed by atoms with E-state index in [-0.39, 0.29) is 6.10 Å². The zero-order valence-electron chi connectivity index (χ0n) is 11.0. The molecule has 1 unspecified atom stereocenters. The summed E-state index contributed by atoms with van der Waals surface area (Å²) in [6, 6.07) is 4.10. The number of aliphatic hydroxyl groups excluding tert-OH is 1. The Hall–Kier alpha value is -0.100. The van der Waals surface area contributed by atoms with Gasteiger partial charge in [0.25, 0.3) is 0 Å². The van der Waals surface area contributed by atoms with Gasteiger partial charge in [-0.05, 0) is 75.2 Å². The van der Waals surface area contributed by atoms with E-state index < -0.39 is 0 Å². The van der Waals surface area contributed by atoms with Gasteiger partial charge in [0.15, 0.2) is 0 Å². The highest BCUT2D eigenvalue weighted by Crippen LogP contribution is 2.35. The number of nitrogens with one attached hydrogen (secondary N) is 1. The molecular formula is C14H19Br2NO2. The summed E-state index contributed by atoms with van der Waals surface area (Å²) in [5.41, 5.74) is 1.16. The average molecular weight is 393 g/mol. The Morgan fingerprint density at radius 2 is 2.00 bits per heavy atom. The number of benzene rings is 1. The van der Waals surface area contributed by atoms with Crippen molar-refractivity contribution >= 4 is 31.9 Å². The molecule has 0 aliphatic heterocycles. The molecule has 19 heavy (non-hydrogen) atoms. The lowest BCUT2D eigenvalue weighted by atomic mass is 10.2. The molecule has 0 bridgehead atoms. The zero-order chi connectivity index (χ0) is 13.8. The van der Waals surface area contributed by atoms with Gasteiger partial charge in [0.2, 0.25) is 0 Å². The first-order valence-electron chi connectivity index (χ1n) is 6.61. The molecule has 1 saturated carbocycles. The van der Waals surface area contributed by atoms with Gasteiger partial charge in [-0.2, -0.15) is 0 Å². The highest BCUT2D eigenvalue weighted by molar-refractivity contribution is 9.11. The van der Waals surface area contributed by atoms with Crippen LogP contribution in [0.3, 0.4) is 0 Å². The first kappa shape index (κ1) is 15.3. The van der Waals surface area contributed by atoms with E-state index in [0.717, 1.165) is 26.8 Å². The number of aliphatic hydroxyl groups is 1. The summed E-state index contributed by atoms with van der Waals surface area (Å²) in [5, 5.41) is 13.1. The maximum Gasteiger partial charge on any atom is 0.147 e. The molecule has 1 aliphatic carbocycles. The summed E-state index contributed by atoms with van der Waals surface area (Å²) < 4.78 is 7.45. The zero-order valence-corrected chi connectivity index (χ0v) is 14.1. The largest absolute Gasteiger partial charge is 0.492 e. The number of ether oxygens (including phenoxy) is 1. The van der Waals surface area contributed by atoms with Crippen LogP contribution in [0.25, 0.3) is 0 Å². The van der Waals surface area contributed by atoms with Crippen LogP contribution in [0.4, 0.5) is 0 Å². The summed E-state index contributed by atoms with van der Waals surface area (Å²) in [5.74, 6) is 1.36. The summed E-state index contributed by atoms with van der Waals surface area (Å²) in [7, 11) is 0. The van der Waals surface area contributed by atoms with Gasteiger partial charge >= 0.3 is 0 Å². The van der Waals surface area contributed by atoms with Crippen LogP contribution in [0.1, 0.15) is 25.3 Å². The van der Waals surface area contributed by atoms with Crippen molar-refractivity contribution in [3.63, 3.8) is 0 Å². The molecule has 0 radical (unpaired) electrons. The average Bonchev–Trinajstić information content (AvgIpc) is 3.18. The standard InChI is InChI=1S/C14H19Br2NO2/c1-2-19-14-11(15)5-9(6-12(14)16)7-17-8-13(18)10-3-4-10/h5-6,10,13,17-18H,2-4,7-8H2,1H3. The van der Waals surface area contributed by atoms with Gasteiger partial charge in [-0.25, -0.2) is 0 Å². The number of hydrogen-bond acceptors (Lipinski definition) is 3. The van der Waals surface area contributed by atoms with Crippen molar-refractivity contribution in [2.45, 2.75) is 32.4 Å². The van der Waals surface area contributed by atoms with Crippen LogP contribution in [0.5, 0.6) is 5.75 Å². The Labute approximate surface area is 131 Å². The van der Waals surface area contributed by atoms with Crippen molar-refractivity contribution in [1.82, 2.24) is 5.32 Å². The Balaban J connectivity index is 1.89. The van der Waals surface area contributed by atoms with Crippen molar-refractivity contribution in [1.29, 1.82) is 0 Å². The summed E-state index contributed by atoms with van der Waals surface area (Å²) in [6.07, 6.45) is 2.14. The lowest BCUT2D eigenvalue weighted by Crippen LogP contribution is -2.27. The van der Waals surface area contributed by atoms with Crippen molar-refractivity contribution in [3.05, 3.63) is 26.6 Å². The van der Waals surface area contributed by atoms with Crippen molar-refractivity contribution in [2.75, 3.05) is 13.2 Å². The Morgan fingerprint density at radius 1 is 1.37 bits per heavy atom. The van der Waals surface area contributed by atoms with Gasteiger partial charge in [0.1, 0.15) is 5.75 Å². The smallest absolute Gasteiger partial charge is 0.147 e. The second kappa shape index (κ2) is 7.07. The lowest BCUT2D eigenvalue weighted by Gasteiger charge is -2.13. The van der Waals surface area contributed by atoms with E-state index in [1.54, 1.807) is 0 Å². The number of hydrogen-bond donors (Lipinski definition) is 2. The van der Waals surface area contributed by atoms with E-state index in [2.05, 4.69) is 37.2 Å². The molecule has 5 heteroatoms. The van der Waals surface area contributed by atoms with Crippen LogP contribution in [-0.2, 0) is 6.54 Å². The molecule has 106 valence electrons. The molecule has 0 spiro atoms. The van der Waals surface area contributed by atoms with Crippen LogP contribution in [0, 0.1) is 5.92 Å². The molecule has 3 nitrogen and oxygen atoms in total. The van der Waals surface area contributed by atoms with Gasteiger partial charge in [-0.3, -0.25) is 0 Å². The lowest BCUT2D eigenvalue weighted by molar-refractivity contribution is 0.148. The molecule has 1 aromatic carbocycles. The molecule has 0 heterocycles. The van der Waals surface area contributed by atoms with Crippen LogP contribution in [-0.4, -0.2) is 24.4 Å². The third-order valence-corrected chi connectivity index (χ3v) is 4.37. The molecule has 0 amide bonds. The molecule has 1 aromatic rings. The maximum absolute atomic E-state index is 9.79. The van der Waals surface area contributed by atoms with E-state index >= 15 is 0 Å². The molecule has 0 aromatic heterocycles. The molecule has 2 N–H and O–H groups in total. The Morgan fingerprint density at radius 3 is 2.53 bits per heavy atom. The second-order valence-electron chi connectivity index (χ2n) is 4.86. The number of halogens is 2. The predicted molar refractivity (Wildman–Crippen MR) is 83.4 cm³/mol. The summed E-state index contributed by atoms with van der Waals surface area (Å²) in [6.45, 7) is 4.01. The van der Waals surface area contributed by atoms with Gasteiger partial charge < -0.3 is 15.2 Å². The second-order valence-corrected chi connectivity index (χ2v) is 6.57. The summed E-state index contributed by atoms with van der Waals surface area (Å²) >= 11 is 7.04. The van der Waals surface area contributed by atoms with Crippen LogP contribution >= 0.6 is 31.9 Å².